The first kappa shape index (κ1) is 30.7. The van der Waals surface area contributed by atoms with Crippen molar-refractivity contribution in [2.75, 3.05) is 31.9 Å². The number of ether oxygens (including phenoxy) is 3. The van der Waals surface area contributed by atoms with Crippen molar-refractivity contribution in [1.82, 2.24) is 29.6 Å². The normalized spacial score (nSPS) is 17.3. The molecule has 1 fully saturated rings. The summed E-state index contributed by atoms with van der Waals surface area (Å²) >= 11 is 1.46. The molecule has 2 aromatic carbocycles. The van der Waals surface area contributed by atoms with E-state index in [4.69, 9.17) is 24.2 Å². The number of thiazole rings is 1. The van der Waals surface area contributed by atoms with Gasteiger partial charge in [0.1, 0.15) is 21.8 Å². The van der Waals surface area contributed by atoms with Crippen molar-refractivity contribution in [3.05, 3.63) is 47.9 Å². The number of carbonyl (C=O) groups is 1. The van der Waals surface area contributed by atoms with Crippen molar-refractivity contribution in [2.24, 2.45) is 7.05 Å². The second kappa shape index (κ2) is 11.9. The maximum absolute atomic E-state index is 15.8. The first-order valence-corrected chi connectivity index (χ1v) is 15.6. The number of carbonyl (C=O) groups excluding carboxylic acids is 1. The van der Waals surface area contributed by atoms with Crippen LogP contribution in [0.15, 0.2) is 42.0 Å². The lowest BCUT2D eigenvalue weighted by atomic mass is 10.1. The van der Waals surface area contributed by atoms with Gasteiger partial charge < -0.3 is 19.1 Å². The minimum Gasteiger partial charge on any atom is -0.464 e. The quantitative estimate of drug-likeness (QED) is 0.200. The summed E-state index contributed by atoms with van der Waals surface area (Å²) in [5.41, 5.74) is 2.29. The number of rotatable bonds is 6. The summed E-state index contributed by atoms with van der Waals surface area (Å²) in [4.78, 5) is 31.5. The molecule has 236 valence electrons. The number of aryl methyl sites for hydroxylation is 1. The number of fused-ring (bicyclic) bond motifs is 2. The maximum Gasteiger partial charge on any atom is 0.410 e. The van der Waals surface area contributed by atoms with Gasteiger partial charge in [-0.15, -0.1) is 11.3 Å². The molecule has 0 spiro atoms. The molecule has 0 radical (unpaired) electrons. The Morgan fingerprint density at radius 2 is 1.89 bits per heavy atom. The Hall–Kier alpha value is -4.36. The fraction of sp³-hybridized carbons (Fsp3) is 0.406. The van der Waals surface area contributed by atoms with Crippen LogP contribution in [0.4, 0.5) is 14.9 Å². The Kier molecular flexibility index (Phi) is 8.08. The van der Waals surface area contributed by atoms with Gasteiger partial charge in [-0.25, -0.2) is 24.1 Å². The van der Waals surface area contributed by atoms with Gasteiger partial charge in [-0.05, 0) is 58.9 Å². The molecule has 0 unspecified atom stereocenters. The Balaban J connectivity index is 1.42. The third-order valence-corrected chi connectivity index (χ3v) is 8.35. The van der Waals surface area contributed by atoms with Gasteiger partial charge in [-0.3, -0.25) is 9.58 Å². The van der Waals surface area contributed by atoms with Gasteiger partial charge in [0.2, 0.25) is 0 Å². The molecular formula is C32H36FN7O4S. The molecule has 1 saturated heterocycles. The zero-order valence-electron chi connectivity index (χ0n) is 26.4. The summed E-state index contributed by atoms with van der Waals surface area (Å²) in [7, 11) is 3.21. The van der Waals surface area contributed by atoms with E-state index in [0.29, 0.717) is 46.1 Å². The number of nitrogens with zero attached hydrogens (tertiary/aromatic N) is 7. The van der Waals surface area contributed by atoms with Crippen molar-refractivity contribution >= 4 is 44.9 Å². The van der Waals surface area contributed by atoms with E-state index in [-0.39, 0.29) is 36.2 Å². The molecule has 0 N–H and O–H groups in total. The van der Waals surface area contributed by atoms with Crippen LogP contribution in [-0.2, 0) is 16.5 Å². The predicted molar refractivity (Wildman–Crippen MR) is 172 cm³/mol. The second-order valence-corrected chi connectivity index (χ2v) is 13.2. The molecule has 4 heterocycles. The molecule has 11 nitrogen and oxygen atoms in total. The van der Waals surface area contributed by atoms with Crippen LogP contribution in [0, 0.1) is 5.82 Å². The molecule has 5 aromatic rings. The van der Waals surface area contributed by atoms with Gasteiger partial charge >= 0.3 is 6.09 Å². The number of methoxy groups -OCH3 is 1. The zero-order valence-corrected chi connectivity index (χ0v) is 27.2. The van der Waals surface area contributed by atoms with Crippen molar-refractivity contribution in [3.63, 3.8) is 0 Å². The molecule has 1 aliphatic rings. The van der Waals surface area contributed by atoms with E-state index in [2.05, 4.69) is 21.0 Å². The summed E-state index contributed by atoms with van der Waals surface area (Å²) in [5, 5.41) is 8.26. The lowest BCUT2D eigenvalue weighted by Gasteiger charge is -2.45. The molecule has 0 bridgehead atoms. The number of halogens is 1. The number of amides is 1. The lowest BCUT2D eigenvalue weighted by molar-refractivity contribution is 0.00565. The van der Waals surface area contributed by atoms with Crippen LogP contribution in [0.1, 0.15) is 34.6 Å². The molecular weight excluding hydrogens is 597 g/mol. The van der Waals surface area contributed by atoms with Crippen LogP contribution in [-0.4, -0.2) is 80.4 Å². The van der Waals surface area contributed by atoms with Gasteiger partial charge in [-0.2, -0.15) is 5.10 Å². The first-order valence-electron chi connectivity index (χ1n) is 14.7. The highest BCUT2D eigenvalue weighted by molar-refractivity contribution is 7.13. The van der Waals surface area contributed by atoms with Crippen LogP contribution in [0.2, 0.25) is 0 Å². The summed E-state index contributed by atoms with van der Waals surface area (Å²) in [6.45, 7) is 10.8. The average Bonchev–Trinajstić information content (AvgIpc) is 3.64. The van der Waals surface area contributed by atoms with E-state index >= 15 is 4.39 Å². The van der Waals surface area contributed by atoms with Gasteiger partial charge in [-0.1, -0.05) is 0 Å². The van der Waals surface area contributed by atoms with Crippen molar-refractivity contribution in [3.8, 4) is 27.8 Å². The molecule has 0 aliphatic carbocycles. The Morgan fingerprint density at radius 1 is 1.13 bits per heavy atom. The molecule has 13 heteroatoms. The highest BCUT2D eigenvalue weighted by atomic mass is 32.1. The molecule has 45 heavy (non-hydrogen) atoms. The van der Waals surface area contributed by atoms with Crippen LogP contribution in [0.5, 0.6) is 5.75 Å². The van der Waals surface area contributed by atoms with Crippen molar-refractivity contribution in [1.29, 1.82) is 0 Å². The van der Waals surface area contributed by atoms with Gasteiger partial charge in [0.15, 0.2) is 24.2 Å². The standard InChI is InChI=1S/C32H36FN7O4S/c1-18-14-39(15-19(2)40(18)31(41)44-32(3,4)5)21-8-9-24-22(13-21)27(30-34-10-11-45-30)36-29(35-24)23-12-20-16-38(6)37-26(20)25(33)28(23)43-17-42-7/h8-13,16,18-19H,14-15,17H2,1-7H3/t18-,19+. The third-order valence-electron chi connectivity index (χ3n) is 7.57. The van der Waals surface area contributed by atoms with E-state index in [1.54, 1.807) is 30.2 Å². The molecule has 3 aromatic heterocycles. The van der Waals surface area contributed by atoms with Gasteiger partial charge in [0, 0.05) is 61.5 Å². The topological polar surface area (TPSA) is 108 Å². The van der Waals surface area contributed by atoms with Crippen LogP contribution >= 0.6 is 11.3 Å². The minimum atomic E-state index is -0.608. The highest BCUT2D eigenvalue weighted by Crippen LogP contribution is 2.39. The number of hydrogen-bond donors (Lipinski definition) is 0. The average molecular weight is 634 g/mol. The number of aromatic nitrogens is 5. The molecule has 0 saturated carbocycles. The molecule has 2 atom stereocenters. The Morgan fingerprint density at radius 3 is 2.56 bits per heavy atom. The summed E-state index contributed by atoms with van der Waals surface area (Å²) in [5.74, 6) is -0.344. The zero-order chi connectivity index (χ0) is 32.0. The largest absolute Gasteiger partial charge is 0.464 e. The number of anilines is 1. The predicted octanol–water partition coefficient (Wildman–Crippen LogP) is 6.26. The van der Waals surface area contributed by atoms with E-state index in [9.17, 15) is 4.79 Å². The Bertz CT molecular complexity index is 1860. The number of piperazine rings is 1. The van der Waals surface area contributed by atoms with Crippen LogP contribution in [0.25, 0.3) is 43.9 Å². The minimum absolute atomic E-state index is 0.0325. The first-order chi connectivity index (χ1) is 21.4. The smallest absolute Gasteiger partial charge is 0.410 e. The fourth-order valence-corrected chi connectivity index (χ4v) is 6.44. The Labute approximate surface area is 264 Å². The molecule has 1 amide bonds. The summed E-state index contributed by atoms with van der Waals surface area (Å²) in [6, 6.07) is 7.66. The fourth-order valence-electron chi connectivity index (χ4n) is 5.80. The van der Waals surface area contributed by atoms with E-state index < -0.39 is 11.4 Å². The van der Waals surface area contributed by atoms with E-state index in [1.807, 2.05) is 57.0 Å². The maximum atomic E-state index is 15.8. The lowest BCUT2D eigenvalue weighted by Crippen LogP contribution is -2.59. The molecule has 6 rings (SSSR count). The van der Waals surface area contributed by atoms with Gasteiger partial charge in [0.25, 0.3) is 0 Å². The summed E-state index contributed by atoms with van der Waals surface area (Å²) in [6.07, 6.45) is 3.16. The number of hydrogen-bond acceptors (Lipinski definition) is 10. The SMILES string of the molecule is COCOc1c(-c2nc(-c3nccs3)c3cc(N4C[C@@H](C)N(C(=O)OC(C)(C)C)[C@@H](C)C4)ccc3n2)cc2cn(C)nc2c1F. The van der Waals surface area contributed by atoms with Crippen LogP contribution < -0.4 is 9.64 Å². The van der Waals surface area contributed by atoms with Gasteiger partial charge in [0.05, 0.1) is 23.2 Å². The number of benzene rings is 2. The monoisotopic (exact) mass is 633 g/mol. The van der Waals surface area contributed by atoms with Crippen molar-refractivity contribution in [2.45, 2.75) is 52.3 Å². The molecule has 1 aliphatic heterocycles. The van der Waals surface area contributed by atoms with Crippen LogP contribution in [0.3, 0.4) is 0 Å². The van der Waals surface area contributed by atoms with E-state index in [1.165, 1.54) is 18.4 Å². The van der Waals surface area contributed by atoms with Crippen molar-refractivity contribution < 1.29 is 23.4 Å². The second-order valence-electron chi connectivity index (χ2n) is 12.3. The summed E-state index contributed by atoms with van der Waals surface area (Å²) < 4.78 is 33.8. The third kappa shape index (κ3) is 6.01. The van der Waals surface area contributed by atoms with E-state index in [0.717, 1.165) is 11.1 Å². The highest BCUT2D eigenvalue weighted by Gasteiger charge is 2.36.